The van der Waals surface area contributed by atoms with Crippen molar-refractivity contribution in [2.75, 3.05) is 0 Å². The van der Waals surface area contributed by atoms with Crippen molar-refractivity contribution in [1.29, 1.82) is 0 Å². The Kier molecular flexibility index (Phi) is 5.18. The highest BCUT2D eigenvalue weighted by Gasteiger charge is 2.16. The molecule has 2 N–H and O–H groups in total. The highest BCUT2D eigenvalue weighted by Crippen LogP contribution is 2.20. The second-order valence-corrected chi connectivity index (χ2v) is 2.70. The predicted octanol–water partition coefficient (Wildman–Crippen LogP) is 1.51. The van der Waals surface area contributed by atoms with E-state index < -0.39 is 0 Å². The van der Waals surface area contributed by atoms with Crippen LogP contribution in [0.15, 0.2) is 26.0 Å². The lowest BCUT2D eigenvalue weighted by Crippen LogP contribution is -2.06. The normalized spacial score (nSPS) is 19.1. The van der Waals surface area contributed by atoms with E-state index in [1.54, 1.807) is 0 Å². The summed E-state index contributed by atoms with van der Waals surface area (Å²) < 4.78 is 0. The van der Waals surface area contributed by atoms with Gasteiger partial charge < -0.3 is 10.7 Å². The van der Waals surface area contributed by atoms with Crippen molar-refractivity contribution in [2.45, 2.75) is 31.8 Å². The standard InChI is InChI=1S/C6H12N6O2/c7-9-11-12-10-8-5-13-14-6-3-1-2-4-6/h5-6H,1-4H2,(H2,7,10,11)/b8-5+. The molecule has 0 unspecified atom stereocenters. The summed E-state index contributed by atoms with van der Waals surface area (Å²) in [7, 11) is 0. The van der Waals surface area contributed by atoms with Gasteiger partial charge in [-0.1, -0.05) is 23.2 Å². The SMILES string of the molecule is NN=N/N=N/N=C/OOC1CCCC1. The fourth-order valence-corrected chi connectivity index (χ4v) is 1.19. The van der Waals surface area contributed by atoms with E-state index in [0.717, 1.165) is 19.2 Å². The van der Waals surface area contributed by atoms with Gasteiger partial charge in [-0.25, -0.2) is 0 Å². The van der Waals surface area contributed by atoms with E-state index in [0.29, 0.717) is 0 Å². The van der Waals surface area contributed by atoms with E-state index in [2.05, 4.69) is 36.7 Å². The average molecular weight is 200 g/mol. The molecule has 78 valence electrons. The fraction of sp³-hybridized carbons (Fsp3) is 0.833. The maximum atomic E-state index is 4.98. The molecule has 0 bridgehead atoms. The molecule has 0 heterocycles. The summed E-state index contributed by atoms with van der Waals surface area (Å²) in [5.74, 6) is 4.65. The average Bonchev–Trinajstić information content (AvgIpc) is 2.69. The molecule has 0 saturated heterocycles. The van der Waals surface area contributed by atoms with Crippen LogP contribution < -0.4 is 5.84 Å². The van der Waals surface area contributed by atoms with Crippen molar-refractivity contribution in [3.8, 4) is 0 Å². The first kappa shape index (κ1) is 10.5. The van der Waals surface area contributed by atoms with E-state index in [9.17, 15) is 0 Å². The van der Waals surface area contributed by atoms with Crippen LogP contribution in [0.3, 0.4) is 0 Å². The topological polar surface area (TPSA) is 106 Å². The van der Waals surface area contributed by atoms with Crippen molar-refractivity contribution in [2.24, 2.45) is 31.8 Å². The molecule has 0 aliphatic heterocycles. The van der Waals surface area contributed by atoms with Crippen LogP contribution in [0.2, 0.25) is 0 Å². The lowest BCUT2D eigenvalue weighted by Gasteiger charge is -2.05. The molecule has 0 aromatic heterocycles. The molecule has 0 radical (unpaired) electrons. The van der Waals surface area contributed by atoms with Crippen LogP contribution in [-0.4, -0.2) is 12.5 Å². The summed E-state index contributed by atoms with van der Waals surface area (Å²) in [4.78, 5) is 9.63. The Balaban J connectivity index is 2.02. The lowest BCUT2D eigenvalue weighted by molar-refractivity contribution is -0.251. The number of hydrogen-bond donors (Lipinski definition) is 1. The van der Waals surface area contributed by atoms with Crippen molar-refractivity contribution >= 4 is 6.40 Å². The first-order chi connectivity index (χ1) is 6.93. The molecule has 0 aromatic rings. The van der Waals surface area contributed by atoms with Crippen LogP contribution in [-0.2, 0) is 9.78 Å². The molecule has 8 nitrogen and oxygen atoms in total. The van der Waals surface area contributed by atoms with Gasteiger partial charge in [-0.3, -0.25) is 0 Å². The smallest absolute Gasteiger partial charge is 0.241 e. The molecule has 0 spiro atoms. The molecular formula is C6H12N6O2. The van der Waals surface area contributed by atoms with E-state index in [1.807, 2.05) is 0 Å². The largest absolute Gasteiger partial charge is 0.323 e. The maximum absolute atomic E-state index is 4.98. The third kappa shape index (κ3) is 4.45. The monoisotopic (exact) mass is 200 g/mol. The molecule has 8 heteroatoms. The zero-order chi connectivity index (χ0) is 10.1. The van der Waals surface area contributed by atoms with Crippen LogP contribution in [0.25, 0.3) is 0 Å². The minimum Gasteiger partial charge on any atom is -0.323 e. The van der Waals surface area contributed by atoms with Gasteiger partial charge >= 0.3 is 0 Å². The molecule has 0 amide bonds. The van der Waals surface area contributed by atoms with Crippen molar-refractivity contribution in [3.63, 3.8) is 0 Å². The van der Waals surface area contributed by atoms with Gasteiger partial charge in [-0.2, -0.15) is 4.89 Å². The second-order valence-electron chi connectivity index (χ2n) is 2.70. The van der Waals surface area contributed by atoms with E-state index >= 15 is 0 Å². The molecule has 0 atom stereocenters. The van der Waals surface area contributed by atoms with E-state index in [-0.39, 0.29) is 6.10 Å². The summed E-state index contributed by atoms with van der Waals surface area (Å²) in [6.07, 6.45) is 5.62. The van der Waals surface area contributed by atoms with E-state index in [4.69, 9.17) is 4.89 Å². The van der Waals surface area contributed by atoms with Gasteiger partial charge in [0.2, 0.25) is 6.40 Å². The van der Waals surface area contributed by atoms with Gasteiger partial charge in [0.25, 0.3) is 0 Å². The third-order valence-corrected chi connectivity index (χ3v) is 1.77. The Morgan fingerprint density at radius 3 is 2.64 bits per heavy atom. The molecular weight excluding hydrogens is 188 g/mol. The number of rotatable bonds is 5. The van der Waals surface area contributed by atoms with Gasteiger partial charge in [0.1, 0.15) is 6.10 Å². The Morgan fingerprint density at radius 2 is 1.93 bits per heavy atom. The van der Waals surface area contributed by atoms with Crippen LogP contribution in [0, 0.1) is 0 Å². The minimum atomic E-state index is 0.169. The van der Waals surface area contributed by atoms with Crippen LogP contribution in [0.4, 0.5) is 0 Å². The minimum absolute atomic E-state index is 0.169. The van der Waals surface area contributed by atoms with Crippen LogP contribution in [0.5, 0.6) is 0 Å². The summed E-state index contributed by atoms with van der Waals surface area (Å²) in [6.45, 7) is 0. The molecule has 1 fully saturated rings. The first-order valence-electron chi connectivity index (χ1n) is 4.27. The highest BCUT2D eigenvalue weighted by molar-refractivity contribution is 5.44. The Labute approximate surface area is 80.8 Å². The number of nitrogens with two attached hydrogens (primary N) is 1. The maximum Gasteiger partial charge on any atom is 0.241 e. The lowest BCUT2D eigenvalue weighted by atomic mass is 10.3. The Bertz CT molecular complexity index is 222. The predicted molar refractivity (Wildman–Crippen MR) is 46.8 cm³/mol. The molecule has 1 saturated carbocycles. The molecule has 1 aliphatic rings. The van der Waals surface area contributed by atoms with E-state index in [1.165, 1.54) is 12.8 Å². The number of nitrogens with zero attached hydrogens (tertiary/aromatic N) is 5. The highest BCUT2D eigenvalue weighted by atomic mass is 17.2. The molecule has 14 heavy (non-hydrogen) atoms. The van der Waals surface area contributed by atoms with Gasteiger partial charge in [0.15, 0.2) is 0 Å². The molecule has 1 rings (SSSR count). The fourth-order valence-electron chi connectivity index (χ4n) is 1.19. The van der Waals surface area contributed by atoms with Crippen molar-refractivity contribution < 1.29 is 9.78 Å². The molecule has 0 aromatic carbocycles. The van der Waals surface area contributed by atoms with Gasteiger partial charge in [0.05, 0.1) is 0 Å². The Hall–Kier alpha value is -1.57. The zero-order valence-corrected chi connectivity index (χ0v) is 7.61. The third-order valence-electron chi connectivity index (χ3n) is 1.77. The summed E-state index contributed by atoms with van der Waals surface area (Å²) >= 11 is 0. The quantitative estimate of drug-likeness (QED) is 0.181. The first-order valence-corrected chi connectivity index (χ1v) is 4.27. The van der Waals surface area contributed by atoms with Crippen molar-refractivity contribution in [3.05, 3.63) is 0 Å². The summed E-state index contributed by atoms with van der Waals surface area (Å²) in [5.41, 5.74) is 0. The zero-order valence-electron chi connectivity index (χ0n) is 7.61. The second kappa shape index (κ2) is 6.89. The summed E-state index contributed by atoms with van der Waals surface area (Å²) in [5, 5.41) is 15.4. The molecule has 1 aliphatic carbocycles. The summed E-state index contributed by atoms with van der Waals surface area (Å²) in [6, 6.07) is 0. The van der Waals surface area contributed by atoms with Crippen molar-refractivity contribution in [1.82, 2.24) is 0 Å². The van der Waals surface area contributed by atoms with Crippen LogP contribution in [0.1, 0.15) is 25.7 Å². The van der Waals surface area contributed by atoms with Gasteiger partial charge in [0, 0.05) is 0 Å². The van der Waals surface area contributed by atoms with Gasteiger partial charge in [-0.05, 0) is 28.5 Å². The van der Waals surface area contributed by atoms with Gasteiger partial charge in [-0.15, -0.1) is 0 Å². The number of hydrogen-bond acceptors (Lipinski definition) is 4. The Morgan fingerprint density at radius 1 is 1.14 bits per heavy atom. The van der Waals surface area contributed by atoms with Crippen LogP contribution >= 0.6 is 0 Å².